The van der Waals surface area contributed by atoms with Crippen LogP contribution in [0.3, 0.4) is 0 Å². The molecule has 3 aromatic rings. The summed E-state index contributed by atoms with van der Waals surface area (Å²) in [4.78, 5) is 12.6. The minimum absolute atomic E-state index is 0.0206. The van der Waals surface area contributed by atoms with Gasteiger partial charge >= 0.3 is 0 Å². The number of fused-ring (bicyclic) bond motifs is 1. The summed E-state index contributed by atoms with van der Waals surface area (Å²) in [7, 11) is 0. The average molecular weight is 365 g/mol. The lowest BCUT2D eigenvalue weighted by molar-refractivity contribution is 0.0959. The van der Waals surface area contributed by atoms with Gasteiger partial charge in [-0.05, 0) is 24.3 Å². The van der Waals surface area contributed by atoms with Crippen molar-refractivity contribution in [1.29, 1.82) is 0 Å². The normalized spacial score (nSPS) is 11.2. The van der Waals surface area contributed by atoms with Crippen molar-refractivity contribution in [2.45, 2.75) is 0 Å². The molecule has 1 amide bonds. The number of hydrazone groups is 1. The second kappa shape index (κ2) is 6.58. The summed E-state index contributed by atoms with van der Waals surface area (Å²) in [6, 6.07) is 12.1. The third-order valence-corrected chi connectivity index (χ3v) is 5.01. The maximum Gasteiger partial charge on any atom is 0.283 e. The van der Waals surface area contributed by atoms with E-state index in [0.717, 1.165) is 10.1 Å². The van der Waals surface area contributed by atoms with Crippen LogP contribution < -0.4 is 5.43 Å². The summed E-state index contributed by atoms with van der Waals surface area (Å²) in [6.07, 6.45) is 1.32. The highest BCUT2D eigenvalue weighted by Gasteiger charge is 2.16. The van der Waals surface area contributed by atoms with Crippen LogP contribution in [0.4, 0.5) is 0 Å². The van der Waals surface area contributed by atoms with E-state index in [1.54, 1.807) is 12.1 Å². The molecule has 0 unspecified atom stereocenters. The van der Waals surface area contributed by atoms with Crippen LogP contribution in [0.15, 0.2) is 47.6 Å². The zero-order valence-corrected chi connectivity index (χ0v) is 13.9. The van der Waals surface area contributed by atoms with Crippen LogP contribution in [0, 0.1) is 0 Å². The lowest BCUT2D eigenvalue weighted by Gasteiger charge is -2.00. The highest BCUT2D eigenvalue weighted by molar-refractivity contribution is 7.21. The molecule has 0 bridgehead atoms. The van der Waals surface area contributed by atoms with E-state index in [2.05, 4.69) is 10.5 Å². The first-order valence-corrected chi connectivity index (χ1v) is 8.12. The maximum absolute atomic E-state index is 12.2. The van der Waals surface area contributed by atoms with Crippen molar-refractivity contribution < 1.29 is 9.90 Å². The fourth-order valence-electron chi connectivity index (χ4n) is 2.00. The predicted octanol–water partition coefficient (Wildman–Crippen LogP) is 4.68. The number of amides is 1. The monoisotopic (exact) mass is 364 g/mol. The van der Waals surface area contributed by atoms with Crippen molar-refractivity contribution in [3.8, 4) is 5.75 Å². The SMILES string of the molecule is O=C(N/N=C/c1cc(Cl)ccc1O)c1sc2ccccc2c1Cl. The molecule has 0 saturated heterocycles. The second-order valence-electron chi connectivity index (χ2n) is 4.64. The molecule has 0 fully saturated rings. The molecule has 116 valence electrons. The molecule has 2 N–H and O–H groups in total. The summed E-state index contributed by atoms with van der Waals surface area (Å²) in [5.41, 5.74) is 2.80. The topological polar surface area (TPSA) is 61.7 Å². The quantitative estimate of drug-likeness (QED) is 0.523. The minimum atomic E-state index is -0.408. The molecule has 1 aromatic heterocycles. The van der Waals surface area contributed by atoms with Crippen LogP contribution in [0.25, 0.3) is 10.1 Å². The number of rotatable bonds is 3. The molecule has 0 spiro atoms. The predicted molar refractivity (Wildman–Crippen MR) is 95.0 cm³/mol. The molecular formula is C16H10Cl2N2O2S. The summed E-state index contributed by atoms with van der Waals surface area (Å²) in [5, 5.41) is 15.2. The molecule has 23 heavy (non-hydrogen) atoms. The van der Waals surface area contributed by atoms with E-state index in [9.17, 15) is 9.90 Å². The van der Waals surface area contributed by atoms with Crippen molar-refractivity contribution in [1.82, 2.24) is 5.43 Å². The molecule has 0 aliphatic carbocycles. The van der Waals surface area contributed by atoms with Gasteiger partial charge in [-0.2, -0.15) is 5.10 Å². The van der Waals surface area contributed by atoms with Gasteiger partial charge in [0, 0.05) is 20.7 Å². The number of halogens is 2. The second-order valence-corrected chi connectivity index (χ2v) is 6.51. The number of aromatic hydroxyl groups is 1. The van der Waals surface area contributed by atoms with Crippen molar-refractivity contribution in [2.24, 2.45) is 5.10 Å². The highest BCUT2D eigenvalue weighted by atomic mass is 35.5. The number of thiophene rings is 1. The van der Waals surface area contributed by atoms with Crippen LogP contribution >= 0.6 is 34.5 Å². The smallest absolute Gasteiger partial charge is 0.283 e. The first-order valence-electron chi connectivity index (χ1n) is 6.55. The number of phenols is 1. The van der Waals surface area contributed by atoms with Gasteiger partial charge in [0.25, 0.3) is 5.91 Å². The van der Waals surface area contributed by atoms with Gasteiger partial charge in [-0.3, -0.25) is 4.79 Å². The molecule has 3 rings (SSSR count). The van der Waals surface area contributed by atoms with Crippen LogP contribution in [0.2, 0.25) is 10.0 Å². The first-order chi connectivity index (χ1) is 11.1. The first kappa shape index (κ1) is 15.8. The average Bonchev–Trinajstić information content (AvgIpc) is 2.88. The number of phenolic OH excluding ortho intramolecular Hbond substituents is 1. The number of hydrogen-bond acceptors (Lipinski definition) is 4. The Labute approximate surface area is 146 Å². The van der Waals surface area contributed by atoms with Crippen LogP contribution in [-0.2, 0) is 0 Å². The highest BCUT2D eigenvalue weighted by Crippen LogP contribution is 2.34. The third kappa shape index (κ3) is 3.32. The van der Waals surface area contributed by atoms with Crippen molar-refractivity contribution in [3.05, 3.63) is 63.0 Å². The molecule has 0 saturated carbocycles. The molecule has 2 aromatic carbocycles. The van der Waals surface area contributed by atoms with Gasteiger partial charge in [0.05, 0.1) is 11.2 Å². The summed E-state index contributed by atoms with van der Waals surface area (Å²) < 4.78 is 0.930. The molecular weight excluding hydrogens is 355 g/mol. The maximum atomic E-state index is 12.2. The number of benzene rings is 2. The Hall–Kier alpha value is -2.08. The zero-order chi connectivity index (χ0) is 16.4. The summed E-state index contributed by atoms with van der Waals surface area (Å²) in [6.45, 7) is 0. The van der Waals surface area contributed by atoms with E-state index in [0.29, 0.717) is 20.5 Å². The molecule has 7 heteroatoms. The lowest BCUT2D eigenvalue weighted by Crippen LogP contribution is -2.16. The van der Waals surface area contributed by atoms with Gasteiger partial charge < -0.3 is 5.11 Å². The largest absolute Gasteiger partial charge is 0.507 e. The number of carbonyl (C=O) groups is 1. The van der Waals surface area contributed by atoms with E-state index in [1.165, 1.54) is 23.6 Å². The van der Waals surface area contributed by atoms with Gasteiger partial charge in [0.2, 0.25) is 0 Å². The van der Waals surface area contributed by atoms with Crippen molar-refractivity contribution in [3.63, 3.8) is 0 Å². The molecule has 0 aliphatic heterocycles. The van der Waals surface area contributed by atoms with E-state index in [4.69, 9.17) is 23.2 Å². The molecule has 0 atom stereocenters. The fourth-order valence-corrected chi connectivity index (χ4v) is 3.59. The van der Waals surface area contributed by atoms with Crippen LogP contribution in [0.5, 0.6) is 5.75 Å². The summed E-state index contributed by atoms with van der Waals surface area (Å²) in [5.74, 6) is -0.388. The number of hydrogen-bond donors (Lipinski definition) is 2. The van der Waals surface area contributed by atoms with Gasteiger partial charge in [0.15, 0.2) is 0 Å². The van der Waals surface area contributed by atoms with Crippen LogP contribution in [0.1, 0.15) is 15.2 Å². The van der Waals surface area contributed by atoms with Gasteiger partial charge in [-0.1, -0.05) is 41.4 Å². The molecule has 0 aliphatic rings. The lowest BCUT2D eigenvalue weighted by atomic mass is 10.2. The van der Waals surface area contributed by atoms with E-state index >= 15 is 0 Å². The summed E-state index contributed by atoms with van der Waals surface area (Å²) >= 11 is 13.4. The number of nitrogens with one attached hydrogen (secondary N) is 1. The minimum Gasteiger partial charge on any atom is -0.507 e. The van der Waals surface area contributed by atoms with Gasteiger partial charge in [-0.15, -0.1) is 11.3 Å². The Kier molecular flexibility index (Phi) is 4.52. The van der Waals surface area contributed by atoms with E-state index in [-0.39, 0.29) is 5.75 Å². The molecule has 1 heterocycles. The Balaban J connectivity index is 1.80. The Morgan fingerprint density at radius 1 is 1.22 bits per heavy atom. The number of nitrogens with zero attached hydrogens (tertiary/aromatic N) is 1. The molecule has 4 nitrogen and oxygen atoms in total. The Bertz CT molecular complexity index is 922. The van der Waals surface area contributed by atoms with Crippen molar-refractivity contribution in [2.75, 3.05) is 0 Å². The number of carbonyl (C=O) groups excluding carboxylic acids is 1. The fraction of sp³-hybridized carbons (Fsp3) is 0. The van der Waals surface area contributed by atoms with E-state index in [1.807, 2.05) is 24.3 Å². The van der Waals surface area contributed by atoms with Gasteiger partial charge in [-0.25, -0.2) is 5.43 Å². The van der Waals surface area contributed by atoms with Crippen LogP contribution in [-0.4, -0.2) is 17.2 Å². The van der Waals surface area contributed by atoms with E-state index < -0.39 is 5.91 Å². The Morgan fingerprint density at radius 3 is 2.78 bits per heavy atom. The zero-order valence-electron chi connectivity index (χ0n) is 11.6. The standard InChI is InChI=1S/C16H10Cl2N2O2S/c17-10-5-6-12(21)9(7-10)8-19-20-16(22)15-14(18)11-3-1-2-4-13(11)23-15/h1-8,21H,(H,20,22)/b19-8+. The third-order valence-electron chi connectivity index (χ3n) is 3.10. The van der Waals surface area contributed by atoms with Crippen molar-refractivity contribution >= 4 is 56.7 Å². The Morgan fingerprint density at radius 2 is 2.00 bits per heavy atom. The molecule has 0 radical (unpaired) electrons. The van der Waals surface area contributed by atoms with Gasteiger partial charge in [0.1, 0.15) is 10.6 Å².